The van der Waals surface area contributed by atoms with E-state index in [1.54, 1.807) is 6.07 Å². The summed E-state index contributed by atoms with van der Waals surface area (Å²) in [6.07, 6.45) is 1.05. The second kappa shape index (κ2) is 5.40. The van der Waals surface area contributed by atoms with E-state index in [1.165, 1.54) is 0 Å². The predicted octanol–water partition coefficient (Wildman–Crippen LogP) is 3.66. The van der Waals surface area contributed by atoms with Gasteiger partial charge in [0.05, 0.1) is 5.56 Å². The maximum Gasteiger partial charge on any atom is 0.257 e. The van der Waals surface area contributed by atoms with Crippen molar-refractivity contribution in [1.29, 1.82) is 0 Å². The molecule has 2 aromatic carbocycles. The molecule has 1 aliphatic heterocycles. The van der Waals surface area contributed by atoms with Crippen molar-refractivity contribution >= 4 is 16.7 Å². The average Bonchev–Trinajstić information content (AvgIpc) is 2.97. The molecule has 21 heavy (non-hydrogen) atoms. The van der Waals surface area contributed by atoms with Crippen molar-refractivity contribution in [1.82, 2.24) is 4.90 Å². The highest BCUT2D eigenvalue weighted by Crippen LogP contribution is 2.31. The molecule has 1 aliphatic rings. The molecule has 1 N–H and O–H groups in total. The number of carbonyl (C=O) groups excluding carboxylic acids is 1. The number of rotatable bonds is 2. The van der Waals surface area contributed by atoms with E-state index in [2.05, 4.69) is 13.8 Å². The maximum absolute atomic E-state index is 12.6. The quantitative estimate of drug-likeness (QED) is 0.913. The van der Waals surface area contributed by atoms with Crippen LogP contribution in [0.4, 0.5) is 0 Å². The Hall–Kier alpha value is -2.03. The van der Waals surface area contributed by atoms with Gasteiger partial charge in [-0.2, -0.15) is 0 Å². The Bertz CT molecular complexity index is 678. The number of benzene rings is 2. The summed E-state index contributed by atoms with van der Waals surface area (Å²) < 4.78 is 0. The summed E-state index contributed by atoms with van der Waals surface area (Å²) in [5.41, 5.74) is 0.415. The summed E-state index contributed by atoms with van der Waals surface area (Å²) in [6.45, 7) is 5.98. The molecule has 3 rings (SSSR count). The van der Waals surface area contributed by atoms with Gasteiger partial charge in [-0.15, -0.1) is 0 Å². The molecule has 1 atom stereocenters. The van der Waals surface area contributed by atoms with Crippen LogP contribution in [0.15, 0.2) is 36.4 Å². The van der Waals surface area contributed by atoms with E-state index < -0.39 is 0 Å². The Morgan fingerprint density at radius 2 is 2.00 bits per heavy atom. The summed E-state index contributed by atoms with van der Waals surface area (Å²) in [7, 11) is 0. The highest BCUT2D eigenvalue weighted by atomic mass is 16.3. The molecule has 0 aliphatic carbocycles. The molecule has 0 bridgehead atoms. The van der Waals surface area contributed by atoms with Gasteiger partial charge in [-0.3, -0.25) is 4.79 Å². The summed E-state index contributed by atoms with van der Waals surface area (Å²) in [4.78, 5) is 14.5. The minimum absolute atomic E-state index is 0.0543. The molecule has 0 radical (unpaired) electrons. The first-order valence-electron chi connectivity index (χ1n) is 7.58. The number of nitrogens with zero attached hydrogens (tertiary/aromatic N) is 1. The van der Waals surface area contributed by atoms with Crippen LogP contribution in [0.3, 0.4) is 0 Å². The van der Waals surface area contributed by atoms with Crippen molar-refractivity contribution in [3.8, 4) is 5.75 Å². The number of phenols is 1. The number of carbonyl (C=O) groups is 1. The smallest absolute Gasteiger partial charge is 0.257 e. The second-order valence-electron chi connectivity index (χ2n) is 6.23. The van der Waals surface area contributed by atoms with Crippen LogP contribution in [0, 0.1) is 11.8 Å². The fraction of sp³-hybridized carbons (Fsp3) is 0.389. The van der Waals surface area contributed by atoms with Crippen LogP contribution in [0.25, 0.3) is 10.8 Å². The maximum atomic E-state index is 12.6. The van der Waals surface area contributed by atoms with Gasteiger partial charge >= 0.3 is 0 Å². The lowest BCUT2D eigenvalue weighted by Crippen LogP contribution is -2.29. The van der Waals surface area contributed by atoms with Crippen LogP contribution in [0.1, 0.15) is 30.6 Å². The Labute approximate surface area is 125 Å². The first-order valence-corrected chi connectivity index (χ1v) is 7.58. The predicted molar refractivity (Wildman–Crippen MR) is 84.5 cm³/mol. The molecule has 1 saturated heterocycles. The summed E-state index contributed by atoms with van der Waals surface area (Å²) >= 11 is 0. The van der Waals surface area contributed by atoms with Gasteiger partial charge in [-0.25, -0.2) is 0 Å². The van der Waals surface area contributed by atoms with Crippen LogP contribution in [-0.4, -0.2) is 29.0 Å². The van der Waals surface area contributed by atoms with E-state index in [1.807, 2.05) is 35.2 Å². The third-order valence-electron chi connectivity index (χ3n) is 4.59. The Balaban J connectivity index is 1.90. The van der Waals surface area contributed by atoms with E-state index in [0.717, 1.165) is 30.3 Å². The average molecular weight is 283 g/mol. The minimum atomic E-state index is -0.0543. The monoisotopic (exact) mass is 283 g/mol. The normalized spacial score (nSPS) is 18.6. The molecule has 1 heterocycles. The third kappa shape index (κ3) is 2.48. The fourth-order valence-electron chi connectivity index (χ4n) is 3.11. The zero-order valence-electron chi connectivity index (χ0n) is 12.5. The minimum Gasteiger partial charge on any atom is -0.506 e. The van der Waals surface area contributed by atoms with Gasteiger partial charge in [0.25, 0.3) is 5.91 Å². The molecule has 2 aromatic rings. The molecular formula is C18H21NO2. The Morgan fingerprint density at radius 3 is 2.71 bits per heavy atom. The standard InChI is InChI=1S/C18H21NO2/c1-12(2)14-9-10-19(11-14)18(21)16-8-7-13-5-3-4-6-15(13)17(16)20/h3-8,12,14,20H,9-11H2,1-2H3. The number of aromatic hydroxyl groups is 1. The Kier molecular flexibility index (Phi) is 3.58. The van der Waals surface area contributed by atoms with Crippen molar-refractivity contribution in [2.24, 2.45) is 11.8 Å². The van der Waals surface area contributed by atoms with Gasteiger partial charge in [-0.1, -0.05) is 44.2 Å². The van der Waals surface area contributed by atoms with Gasteiger partial charge in [0.1, 0.15) is 5.75 Å². The molecule has 0 spiro atoms. The summed E-state index contributed by atoms with van der Waals surface area (Å²) in [6, 6.07) is 11.2. The molecule has 0 aromatic heterocycles. The topological polar surface area (TPSA) is 40.5 Å². The highest BCUT2D eigenvalue weighted by Gasteiger charge is 2.29. The first-order chi connectivity index (χ1) is 10.1. The largest absolute Gasteiger partial charge is 0.506 e. The fourth-order valence-corrected chi connectivity index (χ4v) is 3.11. The van der Waals surface area contributed by atoms with E-state index in [-0.39, 0.29) is 11.7 Å². The van der Waals surface area contributed by atoms with Crippen LogP contribution in [0.5, 0.6) is 5.75 Å². The zero-order valence-corrected chi connectivity index (χ0v) is 12.5. The van der Waals surface area contributed by atoms with Gasteiger partial charge in [0.15, 0.2) is 0 Å². The molecule has 1 unspecified atom stereocenters. The van der Waals surface area contributed by atoms with Crippen molar-refractivity contribution < 1.29 is 9.90 Å². The lowest BCUT2D eigenvalue weighted by atomic mass is 9.95. The van der Waals surface area contributed by atoms with Crippen LogP contribution in [-0.2, 0) is 0 Å². The SMILES string of the molecule is CC(C)C1CCN(C(=O)c2ccc3ccccc3c2O)C1. The third-order valence-corrected chi connectivity index (χ3v) is 4.59. The van der Waals surface area contributed by atoms with Crippen molar-refractivity contribution in [3.63, 3.8) is 0 Å². The number of phenolic OH excluding ortho intramolecular Hbond substituents is 1. The molecule has 1 fully saturated rings. The molecule has 0 saturated carbocycles. The number of likely N-dealkylation sites (tertiary alicyclic amines) is 1. The number of fused-ring (bicyclic) bond motifs is 1. The lowest BCUT2D eigenvalue weighted by Gasteiger charge is -2.19. The lowest BCUT2D eigenvalue weighted by molar-refractivity contribution is 0.0781. The zero-order chi connectivity index (χ0) is 15.0. The summed E-state index contributed by atoms with van der Waals surface area (Å²) in [5.74, 6) is 1.21. The van der Waals surface area contributed by atoms with E-state index in [0.29, 0.717) is 17.4 Å². The van der Waals surface area contributed by atoms with Gasteiger partial charge in [0, 0.05) is 18.5 Å². The number of amides is 1. The van der Waals surface area contributed by atoms with Gasteiger partial charge in [-0.05, 0) is 29.7 Å². The first kappa shape index (κ1) is 13.9. The molecule has 110 valence electrons. The van der Waals surface area contributed by atoms with E-state index in [9.17, 15) is 9.90 Å². The van der Waals surface area contributed by atoms with Crippen LogP contribution >= 0.6 is 0 Å². The van der Waals surface area contributed by atoms with Gasteiger partial charge in [0.2, 0.25) is 0 Å². The van der Waals surface area contributed by atoms with E-state index >= 15 is 0 Å². The van der Waals surface area contributed by atoms with Crippen molar-refractivity contribution in [2.45, 2.75) is 20.3 Å². The van der Waals surface area contributed by atoms with E-state index in [4.69, 9.17) is 0 Å². The molecular weight excluding hydrogens is 262 g/mol. The molecule has 1 amide bonds. The number of hydrogen-bond donors (Lipinski definition) is 1. The highest BCUT2D eigenvalue weighted by molar-refractivity contribution is 6.03. The van der Waals surface area contributed by atoms with Gasteiger partial charge < -0.3 is 10.0 Å². The van der Waals surface area contributed by atoms with Crippen molar-refractivity contribution in [3.05, 3.63) is 42.0 Å². The van der Waals surface area contributed by atoms with Crippen molar-refractivity contribution in [2.75, 3.05) is 13.1 Å². The van der Waals surface area contributed by atoms with Crippen LogP contribution in [0.2, 0.25) is 0 Å². The number of hydrogen-bond acceptors (Lipinski definition) is 2. The second-order valence-corrected chi connectivity index (χ2v) is 6.23. The molecule has 3 nitrogen and oxygen atoms in total. The molecule has 3 heteroatoms. The van der Waals surface area contributed by atoms with Crippen LogP contribution < -0.4 is 0 Å². The summed E-state index contributed by atoms with van der Waals surface area (Å²) in [5, 5.41) is 12.1. The Morgan fingerprint density at radius 1 is 1.24 bits per heavy atom.